The highest BCUT2D eigenvalue weighted by Gasteiger charge is 2.23. The Labute approximate surface area is 178 Å². The fraction of sp³-hybridized carbons (Fsp3) is 0.136. The number of thiocarbonyl (C=S) groups is 1. The number of amides is 1. The molecule has 1 aliphatic rings. The summed E-state index contributed by atoms with van der Waals surface area (Å²) < 4.78 is 8.06. The summed E-state index contributed by atoms with van der Waals surface area (Å²) in [7, 11) is 0. The van der Waals surface area contributed by atoms with Crippen molar-refractivity contribution in [2.45, 2.75) is 13.3 Å². The summed E-state index contributed by atoms with van der Waals surface area (Å²) >= 11 is 6.37. The standard InChI is InChI=1S/C22H19N3O2S2/c1-2-11-27-18-10-6-7-15(12-18)20-16(13-19-21(26)23-22(28)29-19)14-25(24-20)17-8-4-3-5-9-17/h3-10,12-14H,2,11H2,1H3,(H,23,26,28)/b19-13-. The minimum atomic E-state index is -0.182. The van der Waals surface area contributed by atoms with Crippen LogP contribution in [0.4, 0.5) is 0 Å². The zero-order valence-electron chi connectivity index (χ0n) is 15.8. The van der Waals surface area contributed by atoms with E-state index in [-0.39, 0.29) is 5.91 Å². The molecule has 1 aliphatic heterocycles. The molecule has 3 aromatic rings. The van der Waals surface area contributed by atoms with Crippen LogP contribution in [0.5, 0.6) is 5.75 Å². The molecule has 2 aromatic carbocycles. The molecule has 146 valence electrons. The number of para-hydroxylation sites is 1. The lowest BCUT2D eigenvalue weighted by atomic mass is 10.1. The second-order valence-corrected chi connectivity index (χ2v) is 8.16. The molecule has 1 saturated heterocycles. The van der Waals surface area contributed by atoms with E-state index in [1.165, 1.54) is 11.8 Å². The average molecular weight is 422 g/mol. The van der Waals surface area contributed by atoms with E-state index in [1.807, 2.05) is 71.6 Å². The molecule has 2 heterocycles. The lowest BCUT2D eigenvalue weighted by molar-refractivity contribution is -0.115. The van der Waals surface area contributed by atoms with Crippen LogP contribution < -0.4 is 10.1 Å². The fourth-order valence-corrected chi connectivity index (χ4v) is 3.98. The summed E-state index contributed by atoms with van der Waals surface area (Å²) in [6, 6.07) is 17.7. The van der Waals surface area contributed by atoms with Crippen molar-refractivity contribution in [3.8, 4) is 22.7 Å². The van der Waals surface area contributed by atoms with Crippen LogP contribution in [0.25, 0.3) is 23.0 Å². The molecule has 0 bridgehead atoms. The van der Waals surface area contributed by atoms with E-state index in [0.717, 1.165) is 34.7 Å². The molecular formula is C22H19N3O2S2. The molecule has 0 radical (unpaired) electrons. The number of nitrogens with one attached hydrogen (secondary N) is 1. The van der Waals surface area contributed by atoms with Crippen LogP contribution in [0.15, 0.2) is 65.7 Å². The van der Waals surface area contributed by atoms with E-state index in [1.54, 1.807) is 0 Å². The smallest absolute Gasteiger partial charge is 0.263 e. The quantitative estimate of drug-likeness (QED) is 0.457. The lowest BCUT2D eigenvalue weighted by Crippen LogP contribution is -2.17. The Kier molecular flexibility index (Phi) is 5.78. The maximum atomic E-state index is 12.2. The summed E-state index contributed by atoms with van der Waals surface area (Å²) in [4.78, 5) is 12.7. The van der Waals surface area contributed by atoms with Gasteiger partial charge in [0.2, 0.25) is 0 Å². The summed E-state index contributed by atoms with van der Waals surface area (Å²) in [6.07, 6.45) is 4.70. The van der Waals surface area contributed by atoms with Crippen molar-refractivity contribution in [3.05, 3.63) is 71.3 Å². The normalized spacial score (nSPS) is 15.0. The van der Waals surface area contributed by atoms with Crippen LogP contribution in [-0.4, -0.2) is 26.6 Å². The highest BCUT2D eigenvalue weighted by atomic mass is 32.2. The molecule has 0 aliphatic carbocycles. The van der Waals surface area contributed by atoms with Crippen molar-refractivity contribution in [1.82, 2.24) is 15.1 Å². The topological polar surface area (TPSA) is 56.1 Å². The van der Waals surface area contributed by atoms with Gasteiger partial charge in [0, 0.05) is 17.3 Å². The number of thioether (sulfide) groups is 1. The van der Waals surface area contributed by atoms with Crippen molar-refractivity contribution >= 4 is 40.3 Å². The largest absolute Gasteiger partial charge is 0.494 e. The number of hydrogen-bond donors (Lipinski definition) is 1. The number of carbonyl (C=O) groups is 1. The molecule has 29 heavy (non-hydrogen) atoms. The van der Waals surface area contributed by atoms with Gasteiger partial charge >= 0.3 is 0 Å². The molecule has 1 fully saturated rings. The van der Waals surface area contributed by atoms with Crippen LogP contribution in [0, 0.1) is 0 Å². The second-order valence-electron chi connectivity index (χ2n) is 6.44. The second kappa shape index (κ2) is 8.63. The number of rotatable bonds is 6. The molecule has 1 aromatic heterocycles. The third kappa shape index (κ3) is 4.41. The number of nitrogens with zero attached hydrogens (tertiary/aromatic N) is 2. The summed E-state index contributed by atoms with van der Waals surface area (Å²) in [5, 5.41) is 7.46. The molecular weight excluding hydrogens is 402 g/mol. The number of benzene rings is 2. The minimum absolute atomic E-state index is 0.182. The Balaban J connectivity index is 1.79. The first-order valence-corrected chi connectivity index (χ1v) is 10.5. The van der Waals surface area contributed by atoms with Crippen molar-refractivity contribution in [2.24, 2.45) is 0 Å². The minimum Gasteiger partial charge on any atom is -0.494 e. The van der Waals surface area contributed by atoms with Gasteiger partial charge in [-0.25, -0.2) is 4.68 Å². The van der Waals surface area contributed by atoms with Crippen molar-refractivity contribution in [1.29, 1.82) is 0 Å². The van der Waals surface area contributed by atoms with Gasteiger partial charge in [0.1, 0.15) is 15.8 Å². The number of carbonyl (C=O) groups excluding carboxylic acids is 1. The van der Waals surface area contributed by atoms with Gasteiger partial charge in [0.05, 0.1) is 17.2 Å². The monoisotopic (exact) mass is 421 g/mol. The number of hydrogen-bond acceptors (Lipinski definition) is 5. The third-order valence-corrected chi connectivity index (χ3v) is 5.43. The third-order valence-electron chi connectivity index (χ3n) is 4.27. The Hall–Kier alpha value is -2.90. The molecule has 1 amide bonds. The molecule has 0 spiro atoms. The van der Waals surface area contributed by atoms with Gasteiger partial charge in [-0.2, -0.15) is 5.10 Å². The van der Waals surface area contributed by atoms with E-state index < -0.39 is 0 Å². The van der Waals surface area contributed by atoms with Crippen molar-refractivity contribution in [2.75, 3.05) is 6.61 Å². The SMILES string of the molecule is CCCOc1cccc(-c2nn(-c3ccccc3)cc2/C=C2\SC(=S)NC2=O)c1. The van der Waals surface area contributed by atoms with Crippen LogP contribution in [0.1, 0.15) is 18.9 Å². The summed E-state index contributed by atoms with van der Waals surface area (Å²) in [6.45, 7) is 2.73. The van der Waals surface area contributed by atoms with Crippen LogP contribution in [-0.2, 0) is 4.79 Å². The van der Waals surface area contributed by atoms with Crippen LogP contribution in [0.3, 0.4) is 0 Å². The van der Waals surface area contributed by atoms with E-state index in [2.05, 4.69) is 12.2 Å². The molecule has 1 N–H and O–H groups in total. The molecule has 7 heteroatoms. The summed E-state index contributed by atoms with van der Waals surface area (Å²) in [5.41, 5.74) is 3.47. The Morgan fingerprint density at radius 3 is 2.76 bits per heavy atom. The Morgan fingerprint density at radius 2 is 2.03 bits per heavy atom. The zero-order valence-corrected chi connectivity index (χ0v) is 17.4. The van der Waals surface area contributed by atoms with Gasteiger partial charge in [-0.3, -0.25) is 4.79 Å². The number of ether oxygens (including phenoxy) is 1. The highest BCUT2D eigenvalue weighted by molar-refractivity contribution is 8.26. The first-order chi connectivity index (χ1) is 14.1. The zero-order chi connectivity index (χ0) is 20.2. The molecule has 5 nitrogen and oxygen atoms in total. The van der Waals surface area contributed by atoms with Crippen LogP contribution >= 0.6 is 24.0 Å². The van der Waals surface area contributed by atoms with Gasteiger partial charge in [0.15, 0.2) is 0 Å². The van der Waals surface area contributed by atoms with E-state index in [9.17, 15) is 4.79 Å². The van der Waals surface area contributed by atoms with E-state index >= 15 is 0 Å². The molecule has 0 atom stereocenters. The average Bonchev–Trinajstić information content (AvgIpc) is 3.30. The molecule has 4 rings (SSSR count). The molecule has 0 saturated carbocycles. The Bertz CT molecular complexity index is 1090. The van der Waals surface area contributed by atoms with Gasteiger partial charge in [-0.05, 0) is 36.8 Å². The highest BCUT2D eigenvalue weighted by Crippen LogP contribution is 2.32. The van der Waals surface area contributed by atoms with Gasteiger partial charge in [-0.15, -0.1) is 0 Å². The van der Waals surface area contributed by atoms with Crippen molar-refractivity contribution < 1.29 is 9.53 Å². The van der Waals surface area contributed by atoms with Gasteiger partial charge in [0.25, 0.3) is 5.91 Å². The first-order valence-electron chi connectivity index (χ1n) is 9.27. The Morgan fingerprint density at radius 1 is 1.21 bits per heavy atom. The van der Waals surface area contributed by atoms with Gasteiger partial charge in [-0.1, -0.05) is 61.2 Å². The molecule has 0 unspecified atom stereocenters. The van der Waals surface area contributed by atoms with E-state index in [4.69, 9.17) is 22.1 Å². The number of aromatic nitrogens is 2. The van der Waals surface area contributed by atoms with Gasteiger partial charge < -0.3 is 10.1 Å². The lowest BCUT2D eigenvalue weighted by Gasteiger charge is -2.06. The van der Waals surface area contributed by atoms with Crippen LogP contribution in [0.2, 0.25) is 0 Å². The summed E-state index contributed by atoms with van der Waals surface area (Å²) in [5.74, 6) is 0.616. The first kappa shape index (κ1) is 19.4. The maximum absolute atomic E-state index is 12.2. The predicted octanol–water partition coefficient (Wildman–Crippen LogP) is 4.82. The van der Waals surface area contributed by atoms with Crippen molar-refractivity contribution in [3.63, 3.8) is 0 Å². The predicted molar refractivity (Wildman–Crippen MR) is 121 cm³/mol. The fourth-order valence-electron chi connectivity index (χ4n) is 2.95. The maximum Gasteiger partial charge on any atom is 0.263 e. The van der Waals surface area contributed by atoms with E-state index in [0.29, 0.717) is 15.8 Å².